The van der Waals surface area contributed by atoms with Crippen LogP contribution in [-0.4, -0.2) is 56.2 Å². The number of nitrogens with zero attached hydrogens (tertiary/aromatic N) is 3. The average Bonchev–Trinajstić information content (AvgIpc) is 2.29. The van der Waals surface area contributed by atoms with Gasteiger partial charge in [0.1, 0.15) is 6.34 Å². The van der Waals surface area contributed by atoms with E-state index in [1.54, 1.807) is 0 Å². The number of rotatable bonds is 9. The number of nitrogens with one attached hydrogen (secondary N) is 1. The first-order valence-corrected chi connectivity index (χ1v) is 5.82. The van der Waals surface area contributed by atoms with Crippen molar-refractivity contribution in [2.24, 2.45) is 15.7 Å². The smallest absolute Gasteiger partial charge is 0.259 e. The SMILES string of the molecule is CCN(C)CCCNC(C)N=CN=CC(N)=O. The summed E-state index contributed by atoms with van der Waals surface area (Å²) in [7, 11) is 2.10. The summed E-state index contributed by atoms with van der Waals surface area (Å²) in [5.41, 5.74) is 4.88. The van der Waals surface area contributed by atoms with E-state index in [-0.39, 0.29) is 6.17 Å². The van der Waals surface area contributed by atoms with Gasteiger partial charge in [-0.1, -0.05) is 6.92 Å². The highest BCUT2D eigenvalue weighted by molar-refractivity contribution is 6.26. The minimum absolute atomic E-state index is 0.00745. The molecule has 1 unspecified atom stereocenters. The molecule has 0 saturated carbocycles. The summed E-state index contributed by atoms with van der Waals surface area (Å²) in [4.78, 5) is 20.3. The lowest BCUT2D eigenvalue weighted by Gasteiger charge is -2.14. The van der Waals surface area contributed by atoms with Crippen LogP contribution in [0.1, 0.15) is 20.3 Å². The first-order chi connectivity index (χ1) is 8.06. The van der Waals surface area contributed by atoms with Gasteiger partial charge in [-0.15, -0.1) is 0 Å². The molecule has 0 saturated heterocycles. The van der Waals surface area contributed by atoms with Gasteiger partial charge in [-0.2, -0.15) is 0 Å². The fourth-order valence-electron chi connectivity index (χ4n) is 1.12. The summed E-state index contributed by atoms with van der Waals surface area (Å²) < 4.78 is 0. The molecule has 98 valence electrons. The summed E-state index contributed by atoms with van der Waals surface area (Å²) in [6, 6.07) is 0. The van der Waals surface area contributed by atoms with Crippen LogP contribution in [0.4, 0.5) is 0 Å². The fraction of sp³-hybridized carbons (Fsp3) is 0.727. The maximum atomic E-state index is 10.3. The van der Waals surface area contributed by atoms with E-state index >= 15 is 0 Å². The molecule has 0 fully saturated rings. The monoisotopic (exact) mass is 241 g/mol. The number of primary amides is 1. The Morgan fingerprint density at radius 3 is 2.88 bits per heavy atom. The quantitative estimate of drug-likeness (QED) is 0.334. The van der Waals surface area contributed by atoms with Crippen molar-refractivity contribution in [2.75, 3.05) is 26.7 Å². The standard InChI is InChI=1S/C11H23N5O/c1-4-16(3)7-5-6-14-10(2)15-9-13-8-11(12)17/h8-10,14H,4-7H2,1-3H3,(H2,12,17). The van der Waals surface area contributed by atoms with Crippen molar-refractivity contribution in [1.29, 1.82) is 0 Å². The maximum absolute atomic E-state index is 10.3. The zero-order valence-corrected chi connectivity index (χ0v) is 10.9. The Morgan fingerprint density at radius 1 is 1.59 bits per heavy atom. The molecule has 0 aliphatic rings. The van der Waals surface area contributed by atoms with Gasteiger partial charge < -0.3 is 10.6 Å². The van der Waals surface area contributed by atoms with Gasteiger partial charge in [0.05, 0.1) is 12.4 Å². The van der Waals surface area contributed by atoms with Crippen molar-refractivity contribution in [2.45, 2.75) is 26.4 Å². The van der Waals surface area contributed by atoms with Crippen molar-refractivity contribution in [3.8, 4) is 0 Å². The van der Waals surface area contributed by atoms with Crippen LogP contribution in [0.25, 0.3) is 0 Å². The Bertz CT molecular complexity index is 265. The topological polar surface area (TPSA) is 83.1 Å². The van der Waals surface area contributed by atoms with Crippen molar-refractivity contribution in [1.82, 2.24) is 10.2 Å². The number of nitrogens with two attached hydrogens (primary N) is 1. The zero-order chi connectivity index (χ0) is 13.1. The lowest BCUT2D eigenvalue weighted by molar-refractivity contribution is -0.111. The first-order valence-electron chi connectivity index (χ1n) is 5.82. The molecule has 0 bridgehead atoms. The molecule has 6 heteroatoms. The van der Waals surface area contributed by atoms with Crippen LogP contribution in [0.5, 0.6) is 0 Å². The Labute approximate surface area is 103 Å². The fourth-order valence-corrected chi connectivity index (χ4v) is 1.12. The molecule has 6 nitrogen and oxygen atoms in total. The molecule has 0 spiro atoms. The third-order valence-electron chi connectivity index (χ3n) is 2.25. The molecule has 0 aromatic carbocycles. The van der Waals surface area contributed by atoms with Gasteiger partial charge in [-0.3, -0.25) is 15.1 Å². The maximum Gasteiger partial charge on any atom is 0.259 e. The van der Waals surface area contributed by atoms with E-state index in [2.05, 4.69) is 34.2 Å². The number of hydrogen-bond donors (Lipinski definition) is 2. The van der Waals surface area contributed by atoms with E-state index in [0.29, 0.717) is 0 Å². The van der Waals surface area contributed by atoms with Crippen LogP contribution in [0.2, 0.25) is 0 Å². The highest BCUT2D eigenvalue weighted by Gasteiger charge is 1.97. The van der Waals surface area contributed by atoms with Crippen molar-refractivity contribution in [3.05, 3.63) is 0 Å². The predicted octanol–water partition coefficient (Wildman–Crippen LogP) is -0.152. The third kappa shape index (κ3) is 11.0. The Kier molecular flexibility index (Phi) is 9.18. The minimum Gasteiger partial charge on any atom is -0.365 e. The van der Waals surface area contributed by atoms with Gasteiger partial charge in [0.25, 0.3) is 5.91 Å². The number of aliphatic imine (C=N–C) groups is 2. The number of hydrogen-bond acceptors (Lipinski definition) is 4. The molecule has 1 atom stereocenters. The first kappa shape index (κ1) is 15.7. The lowest BCUT2D eigenvalue weighted by atomic mass is 10.4. The van der Waals surface area contributed by atoms with Crippen LogP contribution < -0.4 is 11.1 Å². The summed E-state index contributed by atoms with van der Waals surface area (Å²) in [5.74, 6) is -0.570. The van der Waals surface area contributed by atoms with Crippen molar-refractivity contribution in [3.63, 3.8) is 0 Å². The average molecular weight is 241 g/mol. The predicted molar refractivity (Wildman–Crippen MR) is 71.4 cm³/mol. The van der Waals surface area contributed by atoms with Crippen LogP contribution >= 0.6 is 0 Å². The molecule has 0 radical (unpaired) electrons. The molecule has 0 rings (SSSR count). The highest BCUT2D eigenvalue weighted by Crippen LogP contribution is 1.87. The molecule has 3 N–H and O–H groups in total. The molecular weight excluding hydrogens is 218 g/mol. The van der Waals surface area contributed by atoms with Gasteiger partial charge >= 0.3 is 0 Å². The zero-order valence-electron chi connectivity index (χ0n) is 10.9. The van der Waals surface area contributed by atoms with Gasteiger partial charge in [0, 0.05) is 0 Å². The summed E-state index contributed by atoms with van der Waals surface area (Å²) >= 11 is 0. The summed E-state index contributed by atoms with van der Waals surface area (Å²) in [6.45, 7) is 7.11. The van der Waals surface area contributed by atoms with E-state index < -0.39 is 5.91 Å². The van der Waals surface area contributed by atoms with Crippen LogP contribution in [0, 0.1) is 0 Å². The Balaban J connectivity index is 3.59. The van der Waals surface area contributed by atoms with E-state index in [1.807, 2.05) is 6.92 Å². The summed E-state index contributed by atoms with van der Waals surface area (Å²) in [6.07, 6.45) is 3.44. The third-order valence-corrected chi connectivity index (χ3v) is 2.25. The Hall–Kier alpha value is -1.27. The van der Waals surface area contributed by atoms with Crippen LogP contribution in [0.15, 0.2) is 9.98 Å². The normalized spacial score (nSPS) is 13.9. The molecule has 0 aliphatic heterocycles. The second-order valence-corrected chi connectivity index (χ2v) is 3.82. The molecule has 0 aromatic heterocycles. The molecule has 0 aromatic rings. The van der Waals surface area contributed by atoms with E-state index in [4.69, 9.17) is 5.73 Å². The second kappa shape index (κ2) is 9.92. The summed E-state index contributed by atoms with van der Waals surface area (Å²) in [5, 5.41) is 3.24. The number of amides is 1. The van der Waals surface area contributed by atoms with Crippen molar-refractivity contribution >= 4 is 18.5 Å². The molecule has 1 amide bonds. The largest absolute Gasteiger partial charge is 0.365 e. The van der Waals surface area contributed by atoms with Crippen molar-refractivity contribution < 1.29 is 4.79 Å². The number of carbonyl (C=O) groups excluding carboxylic acids is 1. The van der Waals surface area contributed by atoms with E-state index in [1.165, 1.54) is 6.34 Å². The van der Waals surface area contributed by atoms with Gasteiger partial charge in [-0.05, 0) is 40.0 Å². The Morgan fingerprint density at radius 2 is 2.29 bits per heavy atom. The molecular formula is C11H23N5O. The lowest BCUT2D eigenvalue weighted by Crippen LogP contribution is -2.28. The van der Waals surface area contributed by atoms with E-state index in [9.17, 15) is 4.79 Å². The van der Waals surface area contributed by atoms with Gasteiger partial charge in [0.15, 0.2) is 0 Å². The minimum atomic E-state index is -0.570. The second-order valence-electron chi connectivity index (χ2n) is 3.82. The molecule has 0 heterocycles. The molecule has 17 heavy (non-hydrogen) atoms. The van der Waals surface area contributed by atoms with Crippen LogP contribution in [0.3, 0.4) is 0 Å². The number of carbonyl (C=O) groups is 1. The van der Waals surface area contributed by atoms with E-state index in [0.717, 1.165) is 32.3 Å². The van der Waals surface area contributed by atoms with Crippen LogP contribution in [-0.2, 0) is 4.79 Å². The van der Waals surface area contributed by atoms with Gasteiger partial charge in [-0.25, -0.2) is 4.99 Å². The van der Waals surface area contributed by atoms with Gasteiger partial charge in [0.2, 0.25) is 0 Å². The molecule has 0 aliphatic carbocycles. The highest BCUT2D eigenvalue weighted by atomic mass is 16.1.